The number of hydrogen-bond acceptors (Lipinski definition) is 5. The summed E-state index contributed by atoms with van der Waals surface area (Å²) in [4.78, 5) is 30.3. The van der Waals surface area contributed by atoms with Gasteiger partial charge in [0, 0.05) is 39.6 Å². The Hall–Kier alpha value is -3.76. The number of anilines is 1. The Balaban J connectivity index is 1.59. The van der Waals surface area contributed by atoms with Crippen LogP contribution in [0.5, 0.6) is 5.75 Å². The van der Waals surface area contributed by atoms with E-state index in [1.165, 1.54) is 29.2 Å². The fourth-order valence-corrected chi connectivity index (χ4v) is 7.97. The lowest BCUT2D eigenvalue weighted by Crippen LogP contribution is -2.54. The Morgan fingerprint density at radius 1 is 0.857 bits per heavy atom. The summed E-state index contributed by atoms with van der Waals surface area (Å²) in [5.74, 6) is -0.409. The molecule has 0 aromatic heterocycles. The lowest BCUT2D eigenvalue weighted by atomic mass is 10.0. The number of ether oxygens (including phenoxy) is 1. The number of hydrogen-bond donors (Lipinski definition) is 1. The average Bonchev–Trinajstić information content (AvgIpc) is 3.60. The summed E-state index contributed by atoms with van der Waals surface area (Å²) < 4.78 is 35.1. The van der Waals surface area contributed by atoms with E-state index in [0.717, 1.165) is 35.6 Å². The summed E-state index contributed by atoms with van der Waals surface area (Å²) in [6.07, 6.45) is 3.88. The van der Waals surface area contributed by atoms with E-state index in [2.05, 4.69) is 5.32 Å². The predicted octanol–water partition coefficient (Wildman–Crippen LogP) is 7.94. The van der Waals surface area contributed by atoms with Crippen molar-refractivity contribution in [3.63, 3.8) is 0 Å². The van der Waals surface area contributed by atoms with Gasteiger partial charge >= 0.3 is 0 Å². The number of nitrogens with zero attached hydrogens (tertiary/aromatic N) is 2. The van der Waals surface area contributed by atoms with Crippen molar-refractivity contribution in [2.45, 2.75) is 62.6 Å². The molecule has 258 valence electrons. The van der Waals surface area contributed by atoms with Crippen molar-refractivity contribution >= 4 is 62.3 Å². The second-order valence-electron chi connectivity index (χ2n) is 11.8. The molecule has 0 bridgehead atoms. The third-order valence-electron chi connectivity index (χ3n) is 8.48. The number of carbonyl (C=O) groups excluding carboxylic acids is 2. The van der Waals surface area contributed by atoms with Gasteiger partial charge in [-0.2, -0.15) is 0 Å². The molecule has 1 unspecified atom stereocenters. The van der Waals surface area contributed by atoms with Crippen LogP contribution in [0.15, 0.2) is 102 Å². The highest BCUT2D eigenvalue weighted by Gasteiger charge is 2.36. The first-order valence-corrected chi connectivity index (χ1v) is 18.7. The molecule has 8 nitrogen and oxygen atoms in total. The van der Waals surface area contributed by atoms with Crippen molar-refractivity contribution in [2.24, 2.45) is 0 Å². The molecule has 1 saturated carbocycles. The van der Waals surface area contributed by atoms with Crippen LogP contribution in [0.4, 0.5) is 5.69 Å². The zero-order valence-corrected chi connectivity index (χ0v) is 30.1. The Morgan fingerprint density at radius 2 is 1.49 bits per heavy atom. The minimum atomic E-state index is -4.30. The lowest BCUT2D eigenvalue weighted by Gasteiger charge is -2.34. The van der Waals surface area contributed by atoms with Gasteiger partial charge in [0.15, 0.2) is 0 Å². The molecular formula is C37H38Cl3N3O5S. The largest absolute Gasteiger partial charge is 0.494 e. The Morgan fingerprint density at radius 3 is 2.10 bits per heavy atom. The molecule has 0 spiro atoms. The van der Waals surface area contributed by atoms with Crippen LogP contribution >= 0.6 is 34.8 Å². The Bertz CT molecular complexity index is 1820. The predicted molar refractivity (Wildman–Crippen MR) is 195 cm³/mol. The van der Waals surface area contributed by atoms with E-state index in [-0.39, 0.29) is 35.5 Å². The summed E-state index contributed by atoms with van der Waals surface area (Å²) in [6.45, 7) is 1.52. The molecule has 4 aromatic carbocycles. The summed E-state index contributed by atoms with van der Waals surface area (Å²) in [5.41, 5.74) is 1.51. The molecule has 0 heterocycles. The van der Waals surface area contributed by atoms with Gasteiger partial charge in [-0.15, -0.1) is 0 Å². The monoisotopic (exact) mass is 741 g/mol. The van der Waals surface area contributed by atoms with Crippen LogP contribution in [-0.4, -0.2) is 50.4 Å². The van der Waals surface area contributed by atoms with E-state index in [0.29, 0.717) is 33.0 Å². The smallest absolute Gasteiger partial charge is 0.264 e. The van der Waals surface area contributed by atoms with Crippen molar-refractivity contribution in [1.82, 2.24) is 10.2 Å². The molecule has 0 saturated heterocycles. The maximum Gasteiger partial charge on any atom is 0.264 e. The summed E-state index contributed by atoms with van der Waals surface area (Å²) >= 11 is 19.3. The highest BCUT2D eigenvalue weighted by Crippen LogP contribution is 2.30. The third kappa shape index (κ3) is 9.28. The molecule has 1 atom stereocenters. The molecule has 5 rings (SSSR count). The van der Waals surface area contributed by atoms with Crippen LogP contribution in [-0.2, 0) is 32.6 Å². The van der Waals surface area contributed by atoms with E-state index in [1.54, 1.807) is 42.5 Å². The highest BCUT2D eigenvalue weighted by atomic mass is 35.5. The van der Waals surface area contributed by atoms with Crippen molar-refractivity contribution in [2.75, 3.05) is 17.5 Å². The van der Waals surface area contributed by atoms with E-state index >= 15 is 0 Å². The van der Waals surface area contributed by atoms with Gasteiger partial charge in [-0.25, -0.2) is 8.42 Å². The van der Waals surface area contributed by atoms with E-state index in [1.807, 2.05) is 37.3 Å². The molecule has 49 heavy (non-hydrogen) atoms. The number of amides is 2. The number of rotatable bonds is 14. The zero-order chi connectivity index (χ0) is 35.0. The van der Waals surface area contributed by atoms with Gasteiger partial charge < -0.3 is 15.0 Å². The Labute approximate surface area is 303 Å². The quantitative estimate of drug-likeness (QED) is 0.142. The summed E-state index contributed by atoms with van der Waals surface area (Å²) in [6, 6.07) is 25.5. The molecule has 2 amide bonds. The van der Waals surface area contributed by atoms with Crippen LogP contribution in [0.2, 0.25) is 15.1 Å². The van der Waals surface area contributed by atoms with Gasteiger partial charge in [-0.05, 0) is 86.0 Å². The van der Waals surface area contributed by atoms with Gasteiger partial charge in [0.05, 0.1) is 17.2 Å². The first-order chi connectivity index (χ1) is 23.6. The van der Waals surface area contributed by atoms with Crippen LogP contribution in [0.1, 0.15) is 43.7 Å². The minimum absolute atomic E-state index is 0.0164. The molecular weight excluding hydrogens is 705 g/mol. The lowest BCUT2D eigenvalue weighted by molar-refractivity contribution is -0.140. The zero-order valence-electron chi connectivity index (χ0n) is 27.0. The topological polar surface area (TPSA) is 96.0 Å². The van der Waals surface area contributed by atoms with Crippen LogP contribution in [0.3, 0.4) is 0 Å². The van der Waals surface area contributed by atoms with Gasteiger partial charge in [-0.3, -0.25) is 13.9 Å². The van der Waals surface area contributed by atoms with Crippen molar-refractivity contribution in [3.8, 4) is 5.75 Å². The first kappa shape index (κ1) is 36.5. The maximum atomic E-state index is 14.7. The molecule has 12 heteroatoms. The minimum Gasteiger partial charge on any atom is -0.494 e. The normalized spacial score (nSPS) is 13.9. The van der Waals surface area contributed by atoms with E-state index in [9.17, 15) is 18.0 Å². The van der Waals surface area contributed by atoms with E-state index < -0.39 is 28.5 Å². The molecule has 1 aliphatic rings. The second kappa shape index (κ2) is 16.8. The van der Waals surface area contributed by atoms with Crippen LogP contribution in [0, 0.1) is 0 Å². The molecule has 1 fully saturated rings. The van der Waals surface area contributed by atoms with Crippen molar-refractivity contribution in [3.05, 3.63) is 123 Å². The van der Waals surface area contributed by atoms with Gasteiger partial charge in [0.2, 0.25) is 11.8 Å². The number of sulfonamides is 1. The molecule has 1 N–H and O–H groups in total. The van der Waals surface area contributed by atoms with Gasteiger partial charge in [0.25, 0.3) is 10.0 Å². The van der Waals surface area contributed by atoms with Crippen molar-refractivity contribution in [1.29, 1.82) is 0 Å². The number of nitrogens with one attached hydrogen (secondary N) is 1. The fourth-order valence-electron chi connectivity index (χ4n) is 5.91. The van der Waals surface area contributed by atoms with Gasteiger partial charge in [0.1, 0.15) is 18.3 Å². The number of halogens is 3. The molecule has 0 aliphatic heterocycles. The Kier molecular flexibility index (Phi) is 12.5. The van der Waals surface area contributed by atoms with E-state index in [4.69, 9.17) is 39.5 Å². The molecule has 4 aromatic rings. The first-order valence-electron chi connectivity index (χ1n) is 16.1. The highest BCUT2D eigenvalue weighted by molar-refractivity contribution is 7.92. The maximum absolute atomic E-state index is 14.7. The van der Waals surface area contributed by atoms with Crippen LogP contribution < -0.4 is 14.4 Å². The van der Waals surface area contributed by atoms with Gasteiger partial charge in [-0.1, -0.05) is 84.0 Å². The standard InChI is InChI=1S/C37H38Cl3N3O5S/c1-2-48-30-19-17-29(18-20-30)43(49(46,47)31-21-15-27(38)16-22-31)25-36(44)42(24-32-33(39)13-8-14-34(32)40)35(23-26-9-4-3-5-10-26)37(45)41-28-11-6-7-12-28/h3-5,8-10,13-22,28,35H,2,6-7,11-12,23-25H2,1H3,(H,41,45). The second-order valence-corrected chi connectivity index (χ2v) is 14.9. The summed E-state index contributed by atoms with van der Waals surface area (Å²) in [5, 5.41) is 4.15. The van der Waals surface area contributed by atoms with Crippen LogP contribution in [0.25, 0.3) is 0 Å². The summed E-state index contributed by atoms with van der Waals surface area (Å²) in [7, 11) is -4.30. The van der Waals surface area contributed by atoms with Crippen molar-refractivity contribution < 1.29 is 22.7 Å². The molecule has 1 aliphatic carbocycles. The molecule has 0 radical (unpaired) electrons. The fraction of sp³-hybridized carbons (Fsp3) is 0.297. The average molecular weight is 743 g/mol. The third-order valence-corrected chi connectivity index (χ3v) is 11.2. The number of benzene rings is 4. The SMILES string of the molecule is CCOc1ccc(N(CC(=O)N(Cc2c(Cl)cccc2Cl)C(Cc2ccccc2)C(=O)NC2CCCC2)S(=O)(=O)c2ccc(Cl)cc2)cc1. The number of carbonyl (C=O) groups is 2.